The molecule has 6 fully saturated rings. The lowest BCUT2D eigenvalue weighted by molar-refractivity contribution is -0.148. The second kappa shape index (κ2) is 17.9. The highest BCUT2D eigenvalue weighted by Crippen LogP contribution is 2.29. The van der Waals surface area contributed by atoms with Gasteiger partial charge < -0.3 is 45.2 Å². The average molecular weight is 782 g/mol. The molecule has 3 N–H and O–H groups in total. The summed E-state index contributed by atoms with van der Waals surface area (Å²) < 4.78 is 49.5. The van der Waals surface area contributed by atoms with Crippen LogP contribution in [0, 0.1) is 0 Å². The molecule has 8 amide bonds. The van der Waals surface area contributed by atoms with Gasteiger partial charge in [0.2, 0.25) is 35.4 Å². The number of Topliss-reactive ketones (excluding diaryl/α,β-unsaturated/α-hetero) is 1. The summed E-state index contributed by atoms with van der Waals surface area (Å²) in [6, 6.07) is -6.99. The van der Waals surface area contributed by atoms with Gasteiger partial charge >= 0.3 is 6.03 Å². The fraction of sp³-hybridized carbons (Fsp3) is 0.757. The van der Waals surface area contributed by atoms with Crippen LogP contribution in [0.2, 0.25) is 0 Å². The topological polar surface area (TPSA) is 209 Å². The van der Waals surface area contributed by atoms with Crippen LogP contribution in [0.1, 0.15) is 85.1 Å². The third-order valence-corrected chi connectivity index (χ3v) is 11.2. The molecule has 0 aromatic heterocycles. The maximum Gasteiger partial charge on any atom is 0.318 e. The molecule has 302 valence electrons. The van der Waals surface area contributed by atoms with Crippen LogP contribution >= 0.6 is 0 Å². The minimum atomic E-state index is -1.22. The van der Waals surface area contributed by atoms with E-state index in [1.165, 1.54) is 14.7 Å². The Morgan fingerprint density at radius 2 is 0.964 bits per heavy atom. The Morgan fingerprint density at radius 1 is 0.527 bits per heavy atom. The van der Waals surface area contributed by atoms with Crippen molar-refractivity contribution in [1.82, 2.24) is 45.3 Å². The van der Waals surface area contributed by atoms with E-state index in [9.17, 15) is 43.2 Å². The number of hydrogen-bond donors (Lipinski definition) is 3. The number of likely N-dealkylation sites (tertiary alicyclic amines) is 6. The van der Waals surface area contributed by atoms with Gasteiger partial charge in [0.15, 0.2) is 5.78 Å². The van der Waals surface area contributed by atoms with Crippen molar-refractivity contribution in [2.75, 3.05) is 66.0 Å². The highest BCUT2D eigenvalue weighted by Gasteiger charge is 2.46. The zero-order chi connectivity index (χ0) is 44.4. The Bertz CT molecular complexity index is 1770. The molecular weight excluding hydrogens is 714 g/mol. The van der Waals surface area contributed by atoms with Gasteiger partial charge in [-0.1, -0.05) is 0 Å². The van der Waals surface area contributed by atoms with Gasteiger partial charge in [-0.15, -0.1) is 0 Å². The molecule has 6 aliphatic rings. The van der Waals surface area contributed by atoms with Gasteiger partial charge in [0, 0.05) is 40.9 Å². The third kappa shape index (κ3) is 8.63. The van der Waals surface area contributed by atoms with E-state index in [-0.39, 0.29) is 77.3 Å². The molecule has 6 aliphatic heterocycles. The van der Waals surface area contributed by atoms with E-state index in [0.29, 0.717) is 19.3 Å². The van der Waals surface area contributed by atoms with Crippen molar-refractivity contribution < 1.29 is 51.4 Å². The van der Waals surface area contributed by atoms with Crippen molar-refractivity contribution in [3.63, 3.8) is 0 Å². The molecule has 18 heteroatoms. The van der Waals surface area contributed by atoms with Crippen molar-refractivity contribution in [1.29, 1.82) is 0 Å². The van der Waals surface area contributed by atoms with Crippen molar-refractivity contribution in [3.05, 3.63) is 0 Å². The molecule has 0 aliphatic carbocycles. The van der Waals surface area contributed by atoms with Crippen molar-refractivity contribution >= 4 is 53.5 Å². The number of amides is 8. The molecule has 0 saturated carbocycles. The molecule has 0 spiro atoms. The van der Waals surface area contributed by atoms with E-state index >= 15 is 0 Å². The first-order valence-corrected chi connectivity index (χ1v) is 18.9. The number of hydrogen-bond acceptors (Lipinski definition) is 10. The minimum Gasteiger partial charge on any atom is -0.348 e. The maximum absolute atomic E-state index is 14.1. The predicted molar refractivity (Wildman–Crippen MR) is 195 cm³/mol. The van der Waals surface area contributed by atoms with Gasteiger partial charge in [0.05, 0.1) is 31.7 Å². The summed E-state index contributed by atoms with van der Waals surface area (Å²) in [5, 5.41) is 7.41. The lowest BCUT2D eigenvalue weighted by Crippen LogP contribution is -2.57. The van der Waals surface area contributed by atoms with E-state index in [1.54, 1.807) is 11.9 Å². The van der Waals surface area contributed by atoms with Gasteiger partial charge in [0.25, 0.3) is 0 Å². The molecule has 6 saturated heterocycles. The van der Waals surface area contributed by atoms with Gasteiger partial charge in [-0.25, -0.2) is 4.79 Å². The number of likely N-dealkylation sites (N-methyl/N-ethyl adjacent to an activating group) is 1. The standard InChI is InChI=1S/C37H55N9O9/c1-41-15-2-11-27(41)34(52)43-17-5-10-26(43)33(51)39-23-31(49)42-16-3-8-24(42)30(48)22-40-37(55)46-20-7-13-29(46)36(54)45-19-6-12-28(45)35(53)44-18-4-9-25(44)32(50)38-14-21-47/h21,24-29H,2-20,22-23H2,1H3,(H,38,50)(H,39,51)(H,40,55)/i2T,3T,4T,5T,6T,7T. The van der Waals surface area contributed by atoms with E-state index in [0.717, 1.165) is 9.80 Å². The molecular formula is C37H55N9O9. The summed E-state index contributed by atoms with van der Waals surface area (Å²) >= 11 is 0. The van der Waals surface area contributed by atoms with Crippen molar-refractivity contribution in [2.24, 2.45) is 0 Å². The zero-order valence-electron chi connectivity index (χ0n) is 37.0. The van der Waals surface area contributed by atoms with Crippen molar-refractivity contribution in [2.45, 2.75) is 113 Å². The van der Waals surface area contributed by atoms with Crippen LogP contribution in [0.4, 0.5) is 4.79 Å². The second-order valence-electron chi connectivity index (χ2n) is 14.6. The molecule has 12 atom stereocenters. The van der Waals surface area contributed by atoms with Crippen LogP contribution in [-0.4, -0.2) is 185 Å². The summed E-state index contributed by atoms with van der Waals surface area (Å²) in [5.41, 5.74) is 0. The molecule has 0 aromatic carbocycles. The van der Waals surface area contributed by atoms with Crippen LogP contribution in [0.15, 0.2) is 0 Å². The number of aldehydes is 1. The summed E-state index contributed by atoms with van der Waals surface area (Å²) in [4.78, 5) is 126. The number of nitrogens with zero attached hydrogens (tertiary/aromatic N) is 6. The number of urea groups is 1. The number of carbonyl (C=O) groups excluding carboxylic acids is 9. The number of ketones is 1. The molecule has 12 unspecified atom stereocenters. The monoisotopic (exact) mass is 781 g/mol. The normalized spacial score (nSPS) is 37.7. The Kier molecular flexibility index (Phi) is 10.6. The lowest BCUT2D eigenvalue weighted by atomic mass is 10.1. The Labute approximate surface area is 329 Å². The number of rotatable bonds is 12. The van der Waals surface area contributed by atoms with Gasteiger partial charge in [-0.3, -0.25) is 38.5 Å². The van der Waals surface area contributed by atoms with E-state index in [1.807, 2.05) is 0 Å². The SMILES string of the molecule is [3H]C1CC(C(=O)N2CC([3H])CC2C(=O)NCC(=O)N2CC([3H])CC2C(=O)CNC(=O)N2CC([3H])CC2C(=O)N2CC([3H])CC2C(=O)N2CC([3H])CC2C(=O)NCC=O)N(C)C1. The van der Waals surface area contributed by atoms with Gasteiger partial charge in [0.1, 0.15) is 30.5 Å². The molecule has 18 nitrogen and oxygen atoms in total. The van der Waals surface area contributed by atoms with Crippen LogP contribution in [-0.2, 0) is 38.4 Å². The van der Waals surface area contributed by atoms with E-state index in [4.69, 9.17) is 8.22 Å². The fourth-order valence-electron chi connectivity index (χ4n) is 8.26. The Morgan fingerprint density at radius 3 is 1.53 bits per heavy atom. The minimum absolute atomic E-state index is 0.0207. The molecule has 6 rings (SSSR count). The number of carbonyl (C=O) groups is 9. The highest BCUT2D eigenvalue weighted by atomic mass is 16.2. The second-order valence-corrected chi connectivity index (χ2v) is 14.6. The summed E-state index contributed by atoms with van der Waals surface area (Å²) in [7, 11) is 1.73. The van der Waals surface area contributed by atoms with Crippen molar-refractivity contribution in [3.8, 4) is 0 Å². The van der Waals surface area contributed by atoms with Crippen LogP contribution in [0.25, 0.3) is 0 Å². The lowest BCUT2D eigenvalue weighted by Gasteiger charge is -2.34. The molecule has 0 bridgehead atoms. The third-order valence-electron chi connectivity index (χ3n) is 11.2. The van der Waals surface area contributed by atoms with E-state index < -0.39 is 129 Å². The Hall–Kier alpha value is -4.61. The first kappa shape index (κ1) is 32.6. The highest BCUT2D eigenvalue weighted by molar-refractivity contribution is 5.97. The molecule has 0 radical (unpaired) electrons. The average Bonchev–Trinajstić information content (AvgIpc) is 4.08. The first-order valence-electron chi connectivity index (χ1n) is 22.4. The maximum atomic E-state index is 14.1. The van der Waals surface area contributed by atoms with Crippen LogP contribution in [0.5, 0.6) is 0 Å². The summed E-state index contributed by atoms with van der Waals surface area (Å²) in [6.45, 7) is -1.54. The summed E-state index contributed by atoms with van der Waals surface area (Å²) in [5.74, 6) is -4.20. The largest absolute Gasteiger partial charge is 0.348 e. The van der Waals surface area contributed by atoms with E-state index in [2.05, 4.69) is 16.0 Å². The van der Waals surface area contributed by atoms with Gasteiger partial charge in [-0.2, -0.15) is 0 Å². The quantitative estimate of drug-likeness (QED) is 0.190. The zero-order valence-corrected chi connectivity index (χ0v) is 31.0. The Balaban J connectivity index is 1.04. The fourth-order valence-corrected chi connectivity index (χ4v) is 8.26. The van der Waals surface area contributed by atoms with Gasteiger partial charge in [-0.05, 0) is 90.5 Å². The molecule has 55 heavy (non-hydrogen) atoms. The smallest absolute Gasteiger partial charge is 0.318 e. The van der Waals surface area contributed by atoms with Crippen LogP contribution in [0.3, 0.4) is 0 Å². The first-order chi connectivity index (χ1) is 28.9. The molecule has 0 aromatic rings. The number of nitrogens with one attached hydrogen (secondary N) is 3. The molecule has 6 heterocycles. The summed E-state index contributed by atoms with van der Waals surface area (Å²) in [6.07, 6.45) is -3.86. The predicted octanol–water partition coefficient (Wildman–Crippen LogP) is -1.78. The van der Waals surface area contributed by atoms with Crippen LogP contribution < -0.4 is 16.0 Å².